The van der Waals surface area contributed by atoms with Crippen LogP contribution in [0.5, 0.6) is 0 Å². The van der Waals surface area contributed by atoms with Gasteiger partial charge in [-0.05, 0) is 18.4 Å². The lowest BCUT2D eigenvalue weighted by molar-refractivity contribution is -0.387. The number of nitrogens with one attached hydrogen (secondary N) is 1. The van der Waals surface area contributed by atoms with Crippen molar-refractivity contribution in [1.82, 2.24) is 0 Å². The first kappa shape index (κ1) is 22.6. The average molecular weight is 429 g/mol. The number of rotatable bonds is 6. The molecule has 0 spiro atoms. The van der Waals surface area contributed by atoms with E-state index in [4.69, 9.17) is 0 Å². The van der Waals surface area contributed by atoms with Crippen molar-refractivity contribution in [3.63, 3.8) is 0 Å². The van der Waals surface area contributed by atoms with Crippen LogP contribution in [0.3, 0.4) is 0 Å². The van der Waals surface area contributed by atoms with E-state index in [2.05, 4.69) is 5.32 Å². The fraction of sp³-hybridized carbons (Fsp3) is 0.278. The first-order valence-corrected chi connectivity index (χ1v) is 7.80. The van der Waals surface area contributed by atoms with Crippen molar-refractivity contribution >= 4 is 22.2 Å². The Morgan fingerprint density at radius 3 is 1.97 bits per heavy atom. The first-order valence-electron chi connectivity index (χ1n) is 7.80. The van der Waals surface area contributed by atoms with Gasteiger partial charge in [-0.2, -0.15) is 39.5 Å². The largest absolute Gasteiger partial charge is 0.460 e. The summed E-state index contributed by atoms with van der Waals surface area (Å²) in [4.78, 5) is 11.5. The molecule has 0 aliphatic carbocycles. The quantitative estimate of drug-likeness (QED) is 0.438. The Bertz CT molecular complexity index is 942. The lowest BCUT2D eigenvalue weighted by atomic mass is 9.99. The molecule has 2 nitrogen and oxygen atoms in total. The molecule has 0 aliphatic rings. The monoisotopic (exact) mass is 429 g/mol. The average Bonchev–Trinajstić information content (AvgIpc) is 2.60. The lowest BCUT2D eigenvalue weighted by Gasteiger charge is -2.32. The van der Waals surface area contributed by atoms with Crippen LogP contribution >= 0.6 is 0 Å². The fourth-order valence-electron chi connectivity index (χ4n) is 2.40. The highest BCUT2D eigenvalue weighted by Gasteiger charge is 2.83. The summed E-state index contributed by atoms with van der Waals surface area (Å²) >= 11 is 0. The number of fused-ring (bicyclic) bond motifs is 1. The maximum atomic E-state index is 13.6. The molecule has 0 aliphatic heterocycles. The topological polar surface area (TPSA) is 29.1 Å². The third-order valence-corrected chi connectivity index (χ3v) is 3.92. The molecule has 0 bridgehead atoms. The molecular weight excluding hydrogens is 417 g/mol. The number of hydrogen-bond acceptors (Lipinski definition) is 2. The SMILES string of the molecule is CC(=CC(=O)C(F)(F)C(F)(F)C(F)(F)C(F)(F)F)Nc1cccc2ccccc12. The zero-order valence-electron chi connectivity index (χ0n) is 14.4. The minimum atomic E-state index is -7.12. The van der Waals surface area contributed by atoms with E-state index in [1.165, 1.54) is 6.07 Å². The summed E-state index contributed by atoms with van der Waals surface area (Å²) in [5.74, 6) is -23.3. The summed E-state index contributed by atoms with van der Waals surface area (Å²) in [6.45, 7) is 0.982. The summed E-state index contributed by atoms with van der Waals surface area (Å²) in [7, 11) is 0. The van der Waals surface area contributed by atoms with Crippen molar-refractivity contribution in [2.75, 3.05) is 5.32 Å². The van der Waals surface area contributed by atoms with Crippen LogP contribution in [0.25, 0.3) is 10.8 Å². The lowest BCUT2D eigenvalue weighted by Crippen LogP contribution is -2.63. The molecule has 0 fully saturated rings. The van der Waals surface area contributed by atoms with E-state index in [0.29, 0.717) is 10.8 Å². The fourth-order valence-corrected chi connectivity index (χ4v) is 2.40. The molecule has 0 aromatic heterocycles. The van der Waals surface area contributed by atoms with Crippen molar-refractivity contribution < 1.29 is 44.3 Å². The van der Waals surface area contributed by atoms with Crippen LogP contribution in [0.1, 0.15) is 6.92 Å². The van der Waals surface area contributed by atoms with Gasteiger partial charge in [-0.1, -0.05) is 36.4 Å². The number of carbonyl (C=O) groups is 1. The first-order chi connectivity index (χ1) is 13.1. The second-order valence-electron chi connectivity index (χ2n) is 6.06. The normalized spacial score (nSPS) is 14.2. The molecule has 2 aromatic carbocycles. The predicted octanol–water partition coefficient (Wildman–Crippen LogP) is 6.19. The number of carbonyl (C=O) groups excluding carboxylic acids is 1. The Balaban J connectivity index is 2.34. The molecule has 2 rings (SSSR count). The Morgan fingerprint density at radius 2 is 1.38 bits per heavy atom. The van der Waals surface area contributed by atoms with Gasteiger partial charge in [0.05, 0.1) is 0 Å². The van der Waals surface area contributed by atoms with Crippen LogP contribution in [0.15, 0.2) is 54.2 Å². The molecule has 0 radical (unpaired) electrons. The number of hydrogen-bond donors (Lipinski definition) is 1. The van der Waals surface area contributed by atoms with Gasteiger partial charge in [0.1, 0.15) is 0 Å². The zero-order chi connectivity index (χ0) is 22.3. The molecule has 158 valence electrons. The van der Waals surface area contributed by atoms with Gasteiger partial charge < -0.3 is 5.32 Å². The van der Waals surface area contributed by atoms with Crippen LogP contribution < -0.4 is 5.32 Å². The van der Waals surface area contributed by atoms with E-state index in [1.807, 2.05) is 0 Å². The molecule has 29 heavy (non-hydrogen) atoms. The number of anilines is 1. The zero-order valence-corrected chi connectivity index (χ0v) is 14.4. The Hall–Kier alpha value is -2.72. The number of ketones is 1. The van der Waals surface area contributed by atoms with E-state index in [0.717, 1.165) is 6.92 Å². The molecule has 0 saturated heterocycles. The summed E-state index contributed by atoms with van der Waals surface area (Å²) in [5.41, 5.74) is -0.211. The number of halogens is 9. The predicted molar refractivity (Wildman–Crippen MR) is 87.2 cm³/mol. The molecule has 1 N–H and O–H groups in total. The molecule has 0 unspecified atom stereocenters. The highest BCUT2D eigenvalue weighted by Crippen LogP contribution is 2.53. The van der Waals surface area contributed by atoms with Crippen LogP contribution in [0, 0.1) is 0 Å². The Morgan fingerprint density at radius 1 is 0.828 bits per heavy atom. The molecule has 0 heterocycles. The molecule has 2 aromatic rings. The van der Waals surface area contributed by atoms with E-state index in [1.54, 1.807) is 36.4 Å². The number of alkyl halides is 9. The van der Waals surface area contributed by atoms with Crippen LogP contribution in [0.4, 0.5) is 45.2 Å². The standard InChI is InChI=1S/C18H12F9NO/c1-10(28-13-8-4-6-11-5-2-3-7-12(11)13)9-14(29)15(19,20)16(21,22)17(23,24)18(25,26)27/h2-9,28H,1H3. The summed E-state index contributed by atoms with van der Waals surface area (Å²) in [6, 6.07) is 11.3. The smallest absolute Gasteiger partial charge is 0.359 e. The van der Waals surface area contributed by atoms with Crippen LogP contribution in [-0.4, -0.2) is 29.7 Å². The third-order valence-electron chi connectivity index (χ3n) is 3.92. The Labute approximate surface area is 158 Å². The highest BCUT2D eigenvalue weighted by atomic mass is 19.4. The van der Waals surface area contributed by atoms with Gasteiger partial charge in [-0.3, -0.25) is 4.79 Å². The van der Waals surface area contributed by atoms with Crippen molar-refractivity contribution in [3.05, 3.63) is 54.2 Å². The van der Waals surface area contributed by atoms with Gasteiger partial charge in [0.25, 0.3) is 0 Å². The van der Waals surface area contributed by atoms with Crippen LogP contribution in [0.2, 0.25) is 0 Å². The van der Waals surface area contributed by atoms with E-state index in [-0.39, 0.29) is 11.8 Å². The minimum Gasteiger partial charge on any atom is -0.359 e. The molecule has 0 atom stereocenters. The van der Waals surface area contributed by atoms with Gasteiger partial charge >= 0.3 is 23.9 Å². The van der Waals surface area contributed by atoms with Gasteiger partial charge in [0.15, 0.2) is 0 Å². The second-order valence-corrected chi connectivity index (χ2v) is 6.06. The van der Waals surface area contributed by atoms with Crippen molar-refractivity contribution in [2.45, 2.75) is 30.9 Å². The van der Waals surface area contributed by atoms with Crippen molar-refractivity contribution in [2.24, 2.45) is 0 Å². The van der Waals surface area contributed by atoms with Gasteiger partial charge in [-0.25, -0.2) is 0 Å². The van der Waals surface area contributed by atoms with Crippen molar-refractivity contribution in [1.29, 1.82) is 0 Å². The number of benzene rings is 2. The second kappa shape index (κ2) is 7.27. The van der Waals surface area contributed by atoms with Crippen molar-refractivity contribution in [3.8, 4) is 0 Å². The summed E-state index contributed by atoms with van der Waals surface area (Å²) in [6.07, 6.45) is -7.14. The molecule has 11 heteroatoms. The minimum absolute atomic E-state index is 0.151. The maximum Gasteiger partial charge on any atom is 0.460 e. The highest BCUT2D eigenvalue weighted by molar-refractivity contribution is 5.98. The molecule has 0 saturated carbocycles. The van der Waals surface area contributed by atoms with Crippen LogP contribution in [-0.2, 0) is 4.79 Å². The molecule has 0 amide bonds. The van der Waals surface area contributed by atoms with E-state index >= 15 is 0 Å². The van der Waals surface area contributed by atoms with Gasteiger partial charge in [0, 0.05) is 22.8 Å². The summed E-state index contributed by atoms with van der Waals surface area (Å²) in [5, 5.41) is 3.71. The summed E-state index contributed by atoms with van der Waals surface area (Å²) < 4.78 is 116. The number of allylic oxidation sites excluding steroid dienone is 2. The maximum absolute atomic E-state index is 13.6. The van der Waals surface area contributed by atoms with E-state index < -0.39 is 35.4 Å². The Kier molecular flexibility index (Phi) is 5.66. The van der Waals surface area contributed by atoms with E-state index in [9.17, 15) is 44.3 Å². The third kappa shape index (κ3) is 3.90. The van der Waals surface area contributed by atoms with Gasteiger partial charge in [-0.15, -0.1) is 0 Å². The molecular formula is C18H12F9NO. The van der Waals surface area contributed by atoms with Gasteiger partial charge in [0.2, 0.25) is 5.78 Å².